The number of aliphatic carboxylic acids is 1. The zero-order valence-corrected chi connectivity index (χ0v) is 10.9. The zero-order valence-electron chi connectivity index (χ0n) is 10.1. The number of hydrogen-bond acceptors (Lipinski definition) is 4. The SMILES string of the molecule is CCOc1cccc(C2=NC(=O)/C(=C\C(=O)O)S2)c1. The van der Waals surface area contributed by atoms with E-state index in [0.717, 1.165) is 23.4 Å². The summed E-state index contributed by atoms with van der Waals surface area (Å²) in [4.78, 5) is 26.1. The maximum Gasteiger partial charge on any atom is 0.329 e. The smallest absolute Gasteiger partial charge is 0.329 e. The summed E-state index contributed by atoms with van der Waals surface area (Å²) in [7, 11) is 0. The molecule has 1 aromatic carbocycles. The molecule has 0 radical (unpaired) electrons. The molecule has 0 aliphatic carbocycles. The Morgan fingerprint density at radius 1 is 1.53 bits per heavy atom. The minimum Gasteiger partial charge on any atom is -0.494 e. The highest BCUT2D eigenvalue weighted by atomic mass is 32.2. The van der Waals surface area contributed by atoms with Crippen LogP contribution < -0.4 is 4.74 Å². The van der Waals surface area contributed by atoms with Crippen LogP contribution >= 0.6 is 11.8 Å². The summed E-state index contributed by atoms with van der Waals surface area (Å²) in [6, 6.07) is 7.17. The average Bonchev–Trinajstić information content (AvgIpc) is 2.71. The molecular weight excluding hydrogens is 266 g/mol. The van der Waals surface area contributed by atoms with Crippen LogP contribution in [0.25, 0.3) is 0 Å². The van der Waals surface area contributed by atoms with Gasteiger partial charge in [-0.25, -0.2) is 9.79 Å². The minimum atomic E-state index is -1.16. The van der Waals surface area contributed by atoms with Crippen LogP contribution in [0.5, 0.6) is 5.75 Å². The van der Waals surface area contributed by atoms with Crippen LogP contribution in [0.4, 0.5) is 0 Å². The van der Waals surface area contributed by atoms with Crippen molar-refractivity contribution in [2.24, 2.45) is 4.99 Å². The highest BCUT2D eigenvalue weighted by molar-refractivity contribution is 8.19. The Morgan fingerprint density at radius 3 is 3.00 bits per heavy atom. The zero-order chi connectivity index (χ0) is 13.8. The van der Waals surface area contributed by atoms with Crippen LogP contribution in [0.15, 0.2) is 40.2 Å². The molecule has 0 saturated carbocycles. The maximum atomic E-state index is 11.5. The molecule has 0 bridgehead atoms. The van der Waals surface area contributed by atoms with Crippen molar-refractivity contribution in [1.29, 1.82) is 0 Å². The van der Waals surface area contributed by atoms with E-state index in [1.54, 1.807) is 18.2 Å². The molecule has 0 atom stereocenters. The maximum absolute atomic E-state index is 11.5. The van der Waals surface area contributed by atoms with Crippen LogP contribution in [-0.2, 0) is 9.59 Å². The number of aliphatic imine (C=N–C) groups is 1. The quantitative estimate of drug-likeness (QED) is 0.853. The number of nitrogens with zero attached hydrogens (tertiary/aromatic N) is 1. The molecule has 5 nitrogen and oxygen atoms in total. The summed E-state index contributed by atoms with van der Waals surface area (Å²) in [5.74, 6) is -0.994. The summed E-state index contributed by atoms with van der Waals surface area (Å²) in [5.41, 5.74) is 0.734. The third kappa shape index (κ3) is 3.23. The van der Waals surface area contributed by atoms with Crippen molar-refractivity contribution < 1.29 is 19.4 Å². The first-order valence-corrected chi connectivity index (χ1v) is 6.40. The van der Waals surface area contributed by atoms with Gasteiger partial charge >= 0.3 is 5.97 Å². The van der Waals surface area contributed by atoms with Crippen LogP contribution in [0.2, 0.25) is 0 Å². The van der Waals surface area contributed by atoms with Gasteiger partial charge in [-0.1, -0.05) is 23.9 Å². The minimum absolute atomic E-state index is 0.115. The molecule has 0 aromatic heterocycles. The number of ether oxygens (including phenoxy) is 1. The van der Waals surface area contributed by atoms with E-state index in [1.807, 2.05) is 13.0 Å². The second-order valence-electron chi connectivity index (χ2n) is 3.63. The van der Waals surface area contributed by atoms with E-state index < -0.39 is 11.9 Å². The number of carbonyl (C=O) groups is 2. The molecule has 6 heteroatoms. The van der Waals surface area contributed by atoms with E-state index in [0.29, 0.717) is 17.4 Å². The largest absolute Gasteiger partial charge is 0.494 e. The Labute approximate surface area is 114 Å². The van der Waals surface area contributed by atoms with Gasteiger partial charge in [0.15, 0.2) is 0 Å². The molecule has 98 valence electrons. The number of carbonyl (C=O) groups excluding carboxylic acids is 1. The van der Waals surface area contributed by atoms with Crippen molar-refractivity contribution in [2.45, 2.75) is 6.92 Å². The van der Waals surface area contributed by atoms with Gasteiger partial charge in [-0.2, -0.15) is 0 Å². The van der Waals surface area contributed by atoms with Gasteiger partial charge in [-0.05, 0) is 19.1 Å². The predicted molar refractivity (Wildman–Crippen MR) is 72.5 cm³/mol. The molecule has 0 unspecified atom stereocenters. The predicted octanol–water partition coefficient (Wildman–Crippen LogP) is 2.07. The second kappa shape index (κ2) is 5.71. The lowest BCUT2D eigenvalue weighted by Crippen LogP contribution is -1.95. The third-order valence-electron chi connectivity index (χ3n) is 2.27. The highest BCUT2D eigenvalue weighted by Gasteiger charge is 2.23. The van der Waals surface area contributed by atoms with Crippen molar-refractivity contribution in [1.82, 2.24) is 0 Å². The van der Waals surface area contributed by atoms with E-state index in [-0.39, 0.29) is 4.91 Å². The van der Waals surface area contributed by atoms with Crippen molar-refractivity contribution >= 4 is 28.7 Å². The molecule has 1 aromatic rings. The lowest BCUT2D eigenvalue weighted by molar-refractivity contribution is -0.131. The number of rotatable bonds is 4. The Hall–Kier alpha value is -2.08. The number of benzene rings is 1. The Morgan fingerprint density at radius 2 is 2.32 bits per heavy atom. The molecule has 0 saturated heterocycles. The molecule has 1 heterocycles. The number of carboxylic acid groups (broad SMARTS) is 1. The lowest BCUT2D eigenvalue weighted by Gasteiger charge is -2.04. The van der Waals surface area contributed by atoms with E-state index >= 15 is 0 Å². The standard InChI is InChI=1S/C13H11NO4S/c1-2-18-9-5-3-4-8(6-9)13-14-12(17)10(19-13)7-11(15)16/h3-7H,2H2,1H3,(H,15,16)/b10-7+. The fraction of sp³-hybridized carbons (Fsp3) is 0.154. The molecule has 1 amide bonds. The van der Waals surface area contributed by atoms with Gasteiger partial charge in [0.25, 0.3) is 5.91 Å². The molecule has 0 spiro atoms. The fourth-order valence-corrected chi connectivity index (χ4v) is 2.40. The number of carboxylic acids is 1. The van der Waals surface area contributed by atoms with Crippen molar-refractivity contribution in [3.05, 3.63) is 40.8 Å². The monoisotopic (exact) mass is 277 g/mol. The summed E-state index contributed by atoms with van der Waals surface area (Å²) in [6.45, 7) is 2.43. The van der Waals surface area contributed by atoms with E-state index in [2.05, 4.69) is 4.99 Å². The average molecular weight is 277 g/mol. The molecule has 0 fully saturated rings. The summed E-state index contributed by atoms with van der Waals surface area (Å²) in [5, 5.41) is 9.13. The fourth-order valence-electron chi connectivity index (χ4n) is 1.53. The van der Waals surface area contributed by atoms with Crippen molar-refractivity contribution in [3.8, 4) is 5.75 Å². The first kappa shape index (κ1) is 13.4. The molecule has 1 N–H and O–H groups in total. The Bertz CT molecular complexity index is 592. The van der Waals surface area contributed by atoms with Crippen LogP contribution in [0.3, 0.4) is 0 Å². The van der Waals surface area contributed by atoms with Crippen molar-refractivity contribution in [3.63, 3.8) is 0 Å². The topological polar surface area (TPSA) is 76.0 Å². The lowest BCUT2D eigenvalue weighted by atomic mass is 10.2. The van der Waals surface area contributed by atoms with Gasteiger partial charge in [-0.3, -0.25) is 4.79 Å². The number of hydrogen-bond donors (Lipinski definition) is 1. The number of thioether (sulfide) groups is 1. The molecule has 1 aliphatic heterocycles. The van der Waals surface area contributed by atoms with Gasteiger partial charge in [0, 0.05) is 11.6 Å². The van der Waals surface area contributed by atoms with Crippen molar-refractivity contribution in [2.75, 3.05) is 6.61 Å². The van der Waals surface area contributed by atoms with Crippen LogP contribution in [-0.4, -0.2) is 28.6 Å². The third-order valence-corrected chi connectivity index (χ3v) is 3.30. The number of amides is 1. The van der Waals surface area contributed by atoms with Gasteiger partial charge in [-0.15, -0.1) is 0 Å². The van der Waals surface area contributed by atoms with Gasteiger partial charge in [0.1, 0.15) is 10.8 Å². The van der Waals surface area contributed by atoms with Gasteiger partial charge < -0.3 is 9.84 Å². The summed E-state index contributed by atoms with van der Waals surface area (Å²) in [6.07, 6.45) is 0.871. The van der Waals surface area contributed by atoms with E-state index in [4.69, 9.17) is 9.84 Å². The first-order valence-electron chi connectivity index (χ1n) is 5.59. The first-order chi connectivity index (χ1) is 9.10. The normalized spacial score (nSPS) is 16.6. The van der Waals surface area contributed by atoms with Crippen LogP contribution in [0, 0.1) is 0 Å². The summed E-state index contributed by atoms with van der Waals surface area (Å²) >= 11 is 1.05. The van der Waals surface area contributed by atoms with Gasteiger partial charge in [0.2, 0.25) is 0 Å². The molecule has 19 heavy (non-hydrogen) atoms. The van der Waals surface area contributed by atoms with Gasteiger partial charge in [0.05, 0.1) is 11.5 Å². The Balaban J connectivity index is 2.25. The Kier molecular flexibility index (Phi) is 4.01. The van der Waals surface area contributed by atoms with Crippen LogP contribution in [0.1, 0.15) is 12.5 Å². The van der Waals surface area contributed by atoms with E-state index in [9.17, 15) is 9.59 Å². The second-order valence-corrected chi connectivity index (χ2v) is 4.66. The molecule has 2 rings (SSSR count). The van der Waals surface area contributed by atoms with E-state index in [1.165, 1.54) is 0 Å². The summed E-state index contributed by atoms with van der Waals surface area (Å²) < 4.78 is 5.37. The molecule has 1 aliphatic rings. The molecular formula is C13H11NO4S. The highest BCUT2D eigenvalue weighted by Crippen LogP contribution is 2.31.